The van der Waals surface area contributed by atoms with Crippen LogP contribution < -0.4 is 0 Å². The molecular formula is C21H26. The van der Waals surface area contributed by atoms with Crippen molar-refractivity contribution in [3.63, 3.8) is 0 Å². The van der Waals surface area contributed by atoms with E-state index in [4.69, 9.17) is 11.0 Å². The van der Waals surface area contributed by atoms with Crippen molar-refractivity contribution in [1.82, 2.24) is 0 Å². The molecule has 6 rings (SSSR count). The SMILES string of the molecule is [2H]C1([2H])CC([2H])([2H])c2ccc(c(C(C)C)c2)C([2H])([2H])CC([2H])([2H])c2ccc1cc2. The fourth-order valence-electron chi connectivity index (χ4n) is 2.51. The zero-order chi connectivity index (χ0) is 21.8. The Morgan fingerprint density at radius 1 is 0.762 bits per heavy atom. The zero-order valence-electron chi connectivity index (χ0n) is 20.5. The third-order valence-corrected chi connectivity index (χ3v) is 3.71. The van der Waals surface area contributed by atoms with Gasteiger partial charge in [-0.1, -0.05) is 56.3 Å². The third kappa shape index (κ3) is 3.56. The molecule has 0 heteroatoms. The fraction of sp³-hybridized carbons (Fsp3) is 0.429. The van der Waals surface area contributed by atoms with Gasteiger partial charge in [0.15, 0.2) is 0 Å². The van der Waals surface area contributed by atoms with Gasteiger partial charge in [-0.05, 0) is 72.1 Å². The second-order valence-corrected chi connectivity index (χ2v) is 5.59. The Bertz CT molecular complexity index is 897. The molecule has 0 atom stereocenters. The first-order valence-corrected chi connectivity index (χ1v) is 7.42. The van der Waals surface area contributed by atoms with Crippen molar-refractivity contribution in [3.8, 4) is 0 Å². The Labute approximate surface area is 140 Å². The second kappa shape index (κ2) is 6.47. The van der Waals surface area contributed by atoms with Crippen LogP contribution in [0.3, 0.4) is 0 Å². The molecule has 0 spiro atoms. The Hall–Kier alpha value is -1.56. The van der Waals surface area contributed by atoms with Crippen molar-refractivity contribution in [2.45, 2.75) is 58.1 Å². The van der Waals surface area contributed by atoms with E-state index < -0.39 is 38.3 Å². The molecule has 0 radical (unpaired) electrons. The van der Waals surface area contributed by atoms with E-state index in [1.807, 2.05) is 13.8 Å². The molecule has 4 aliphatic carbocycles. The highest BCUT2D eigenvalue weighted by Gasteiger charge is 2.09. The van der Waals surface area contributed by atoms with E-state index in [0.29, 0.717) is 16.7 Å². The second-order valence-electron chi connectivity index (χ2n) is 5.59. The maximum absolute atomic E-state index is 8.62. The van der Waals surface area contributed by atoms with E-state index in [9.17, 15) is 0 Å². The number of benzene rings is 2. The molecule has 0 saturated carbocycles. The molecule has 0 saturated heterocycles. The van der Waals surface area contributed by atoms with Crippen molar-refractivity contribution in [3.05, 3.63) is 70.3 Å². The number of aryl methyl sites for hydroxylation is 4. The van der Waals surface area contributed by atoms with Crippen LogP contribution in [0.25, 0.3) is 0 Å². The molecule has 0 N–H and O–H groups in total. The first-order chi connectivity index (χ1) is 13.2. The van der Waals surface area contributed by atoms with E-state index in [0.717, 1.165) is 0 Å². The third-order valence-electron chi connectivity index (χ3n) is 3.71. The van der Waals surface area contributed by atoms with Gasteiger partial charge < -0.3 is 0 Å². The summed E-state index contributed by atoms with van der Waals surface area (Å²) in [6, 6.07) is 10.6. The number of hydrogen-bond donors (Lipinski definition) is 0. The Kier molecular flexibility index (Phi) is 2.35. The molecule has 21 heavy (non-hydrogen) atoms. The van der Waals surface area contributed by atoms with Crippen molar-refractivity contribution in [2.75, 3.05) is 0 Å². The lowest BCUT2D eigenvalue weighted by Crippen LogP contribution is -2.01. The summed E-state index contributed by atoms with van der Waals surface area (Å²) in [7, 11) is 0. The zero-order valence-corrected chi connectivity index (χ0v) is 12.5. The minimum atomic E-state index is -1.95. The largest absolute Gasteiger partial charge is 0.0588 e. The highest BCUT2D eigenvalue weighted by Crippen LogP contribution is 2.24. The van der Waals surface area contributed by atoms with E-state index in [2.05, 4.69) is 0 Å². The van der Waals surface area contributed by atoms with Crippen LogP contribution in [0.15, 0.2) is 42.5 Å². The lowest BCUT2D eigenvalue weighted by atomic mass is 9.90. The summed E-state index contributed by atoms with van der Waals surface area (Å²) >= 11 is 0. The van der Waals surface area contributed by atoms with Gasteiger partial charge in [0.2, 0.25) is 0 Å². The van der Waals surface area contributed by atoms with Crippen LogP contribution in [0.1, 0.15) is 71.4 Å². The molecule has 0 amide bonds. The highest BCUT2D eigenvalue weighted by atomic mass is 14.1. The van der Waals surface area contributed by atoms with Crippen molar-refractivity contribution >= 4 is 0 Å². The molecule has 2 aromatic carbocycles. The Balaban J connectivity index is 2.28. The van der Waals surface area contributed by atoms with Crippen LogP contribution in [0.5, 0.6) is 0 Å². The molecule has 4 aliphatic rings. The van der Waals surface area contributed by atoms with Crippen LogP contribution in [-0.4, -0.2) is 0 Å². The molecule has 0 nitrogen and oxygen atoms in total. The lowest BCUT2D eigenvalue weighted by Gasteiger charge is -2.16. The molecule has 0 fully saturated rings. The average Bonchev–Trinajstić information content (AvgIpc) is 2.59. The molecule has 0 aliphatic heterocycles. The number of hydrogen-bond acceptors (Lipinski definition) is 0. The lowest BCUT2D eigenvalue weighted by molar-refractivity contribution is 0.769. The average molecular weight is 286 g/mol. The number of rotatable bonds is 1. The van der Waals surface area contributed by atoms with Crippen LogP contribution >= 0.6 is 0 Å². The van der Waals surface area contributed by atoms with Gasteiger partial charge in [0.1, 0.15) is 0 Å². The van der Waals surface area contributed by atoms with Crippen LogP contribution in [0, 0.1) is 0 Å². The smallest absolute Gasteiger partial charge is 0.0316 e. The van der Waals surface area contributed by atoms with Crippen molar-refractivity contribution in [2.24, 2.45) is 0 Å². The molecule has 110 valence electrons. The highest BCUT2D eigenvalue weighted by molar-refractivity contribution is 5.35. The summed E-state index contributed by atoms with van der Waals surface area (Å²) in [5.74, 6) is -0.0929. The Morgan fingerprint density at radius 2 is 1.29 bits per heavy atom. The van der Waals surface area contributed by atoms with Crippen LogP contribution in [0.4, 0.5) is 0 Å². The first kappa shape index (κ1) is 7.63. The van der Waals surface area contributed by atoms with E-state index >= 15 is 0 Å². The summed E-state index contributed by atoms with van der Waals surface area (Å²) in [5.41, 5.74) is 1.85. The molecule has 0 heterocycles. The first-order valence-electron chi connectivity index (χ1n) is 11.4. The van der Waals surface area contributed by atoms with Crippen LogP contribution in [-0.2, 0) is 25.5 Å². The molecule has 4 bridgehead atoms. The van der Waals surface area contributed by atoms with E-state index in [-0.39, 0.29) is 17.0 Å². The van der Waals surface area contributed by atoms with Gasteiger partial charge in [0, 0.05) is 11.0 Å². The van der Waals surface area contributed by atoms with Gasteiger partial charge in [0.05, 0.1) is 0 Å². The topological polar surface area (TPSA) is 0 Å². The monoisotopic (exact) mass is 286 g/mol. The Morgan fingerprint density at radius 3 is 1.90 bits per heavy atom. The van der Waals surface area contributed by atoms with Gasteiger partial charge in [-0.3, -0.25) is 0 Å². The summed E-state index contributed by atoms with van der Waals surface area (Å²) in [6.45, 7) is 3.78. The quantitative estimate of drug-likeness (QED) is 0.651. The normalized spacial score (nSPS) is 30.6. The maximum Gasteiger partial charge on any atom is 0.0316 e. The van der Waals surface area contributed by atoms with Gasteiger partial charge in [-0.25, -0.2) is 0 Å². The van der Waals surface area contributed by atoms with E-state index in [1.165, 1.54) is 30.3 Å². The molecule has 0 aromatic heterocycles. The summed E-state index contributed by atoms with van der Waals surface area (Å²) in [5, 5.41) is 0. The standard InChI is InChI=1S/C21H26/c1-16(2)21-15-19-7-3-5-17-9-11-18(12-10-17)6-4-8-20(21)14-13-19/h9-16H,3-8H2,1-2H3/i5D2,6D2,7D2,8D2. The fourth-order valence-corrected chi connectivity index (χ4v) is 2.51. The summed E-state index contributed by atoms with van der Waals surface area (Å²) in [6.07, 6.45) is -8.57. The van der Waals surface area contributed by atoms with Crippen LogP contribution in [0.2, 0.25) is 0 Å². The van der Waals surface area contributed by atoms with Crippen molar-refractivity contribution < 1.29 is 11.0 Å². The summed E-state index contributed by atoms with van der Waals surface area (Å²) < 4.78 is 68.1. The minimum absolute atomic E-state index is 0.0929. The van der Waals surface area contributed by atoms with Gasteiger partial charge in [0.25, 0.3) is 0 Å². The maximum atomic E-state index is 8.62. The molecule has 2 aromatic rings. The predicted molar refractivity (Wildman–Crippen MR) is 91.0 cm³/mol. The van der Waals surface area contributed by atoms with E-state index in [1.54, 1.807) is 12.1 Å². The van der Waals surface area contributed by atoms with Crippen molar-refractivity contribution in [1.29, 1.82) is 0 Å². The molecule has 0 unspecified atom stereocenters. The predicted octanol–water partition coefficient (Wildman–Crippen LogP) is 5.47. The molecular weight excluding hydrogens is 252 g/mol. The van der Waals surface area contributed by atoms with Gasteiger partial charge in [-0.15, -0.1) is 0 Å². The minimum Gasteiger partial charge on any atom is -0.0588 e. The summed E-state index contributed by atoms with van der Waals surface area (Å²) in [4.78, 5) is 0. The van der Waals surface area contributed by atoms with Gasteiger partial charge in [-0.2, -0.15) is 0 Å². The van der Waals surface area contributed by atoms with Gasteiger partial charge >= 0.3 is 0 Å².